The van der Waals surface area contributed by atoms with Gasteiger partial charge in [-0.2, -0.15) is 0 Å². The number of allylic oxidation sites excluding steroid dienone is 2. The summed E-state index contributed by atoms with van der Waals surface area (Å²) in [6.07, 6.45) is 2.70. The molecule has 0 aromatic heterocycles. The Bertz CT molecular complexity index is 702. The molecule has 0 radical (unpaired) electrons. The Labute approximate surface area is 121 Å². The number of ketones is 2. The van der Waals surface area contributed by atoms with Crippen LogP contribution in [0.25, 0.3) is 0 Å². The number of carbonyl (C=O) groups excluding carboxylic acids is 2. The third kappa shape index (κ3) is 2.45. The van der Waals surface area contributed by atoms with Gasteiger partial charge in [0.1, 0.15) is 0 Å². The molecule has 3 heteroatoms. The Balaban J connectivity index is 1.90. The van der Waals surface area contributed by atoms with E-state index in [2.05, 4.69) is 12.1 Å². The van der Waals surface area contributed by atoms with Crippen LogP contribution in [0.3, 0.4) is 0 Å². The van der Waals surface area contributed by atoms with Crippen LogP contribution < -0.4 is 0 Å². The van der Waals surface area contributed by atoms with Crippen LogP contribution in [0.15, 0.2) is 65.6 Å². The van der Waals surface area contributed by atoms with E-state index in [-0.39, 0.29) is 11.6 Å². The molecule has 20 heavy (non-hydrogen) atoms. The molecule has 2 aromatic carbocycles. The molecule has 0 heterocycles. The van der Waals surface area contributed by atoms with Crippen LogP contribution in [0, 0.1) is 0 Å². The van der Waals surface area contributed by atoms with Gasteiger partial charge in [-0.05, 0) is 23.8 Å². The molecule has 1 aliphatic carbocycles. The Hall–Kier alpha value is -2.13. The molecule has 0 N–H and O–H groups in total. The average Bonchev–Trinajstić information content (AvgIpc) is 2.50. The van der Waals surface area contributed by atoms with Crippen LogP contribution in [0.4, 0.5) is 0 Å². The topological polar surface area (TPSA) is 34.1 Å². The summed E-state index contributed by atoms with van der Waals surface area (Å²) < 4.78 is 0. The standard InChI is InChI=1S/C17H12O2S/c18-14-9-10-15(19)17-13(14)7-4-8-16(17)20-11-12-5-2-1-3-6-12/h1-10H,11H2. The molecule has 0 saturated heterocycles. The summed E-state index contributed by atoms with van der Waals surface area (Å²) in [5, 5.41) is 0. The highest BCUT2D eigenvalue weighted by molar-refractivity contribution is 7.98. The minimum Gasteiger partial charge on any atom is -0.289 e. The van der Waals surface area contributed by atoms with Crippen LogP contribution in [-0.4, -0.2) is 11.6 Å². The second kappa shape index (κ2) is 5.47. The molecule has 0 aliphatic heterocycles. The van der Waals surface area contributed by atoms with Gasteiger partial charge in [-0.25, -0.2) is 0 Å². The van der Waals surface area contributed by atoms with Gasteiger partial charge in [-0.1, -0.05) is 42.5 Å². The van der Waals surface area contributed by atoms with Crippen molar-refractivity contribution >= 4 is 23.3 Å². The molecule has 0 atom stereocenters. The average molecular weight is 280 g/mol. The predicted octanol–water partition coefficient (Wildman–Crippen LogP) is 3.91. The smallest absolute Gasteiger partial charge is 0.187 e. The number of carbonyl (C=O) groups is 2. The first-order chi connectivity index (χ1) is 9.75. The maximum absolute atomic E-state index is 12.0. The van der Waals surface area contributed by atoms with Crippen molar-refractivity contribution < 1.29 is 9.59 Å². The monoisotopic (exact) mass is 280 g/mol. The van der Waals surface area contributed by atoms with Crippen LogP contribution >= 0.6 is 11.8 Å². The normalized spacial score (nSPS) is 13.4. The number of hydrogen-bond donors (Lipinski definition) is 0. The molecule has 0 amide bonds. The molecular weight excluding hydrogens is 268 g/mol. The highest BCUT2D eigenvalue weighted by atomic mass is 32.2. The van der Waals surface area contributed by atoms with Crippen LogP contribution in [-0.2, 0) is 5.75 Å². The Morgan fingerprint density at radius 3 is 2.35 bits per heavy atom. The first-order valence-electron chi connectivity index (χ1n) is 6.32. The van der Waals surface area contributed by atoms with Gasteiger partial charge >= 0.3 is 0 Å². The highest BCUT2D eigenvalue weighted by Crippen LogP contribution is 2.31. The molecule has 2 nitrogen and oxygen atoms in total. The molecule has 0 saturated carbocycles. The lowest BCUT2D eigenvalue weighted by atomic mass is 9.95. The molecule has 98 valence electrons. The van der Waals surface area contributed by atoms with Crippen molar-refractivity contribution in [1.82, 2.24) is 0 Å². The largest absolute Gasteiger partial charge is 0.289 e. The predicted molar refractivity (Wildman–Crippen MR) is 80.2 cm³/mol. The minimum atomic E-state index is -0.0956. The van der Waals surface area contributed by atoms with Crippen molar-refractivity contribution in [2.75, 3.05) is 0 Å². The van der Waals surface area contributed by atoms with Crippen molar-refractivity contribution in [3.05, 3.63) is 77.4 Å². The fraction of sp³-hybridized carbons (Fsp3) is 0.0588. The summed E-state index contributed by atoms with van der Waals surface area (Å²) in [5.74, 6) is 0.597. The second-order valence-electron chi connectivity index (χ2n) is 4.51. The fourth-order valence-corrected chi connectivity index (χ4v) is 3.22. The maximum Gasteiger partial charge on any atom is 0.187 e. The van der Waals surface area contributed by atoms with Gasteiger partial charge in [0, 0.05) is 21.8 Å². The SMILES string of the molecule is O=C1C=CC(=O)c2c(SCc3ccccc3)cccc21. The quantitative estimate of drug-likeness (QED) is 0.799. The number of hydrogen-bond acceptors (Lipinski definition) is 3. The zero-order valence-corrected chi connectivity index (χ0v) is 11.5. The van der Waals surface area contributed by atoms with Gasteiger partial charge < -0.3 is 0 Å². The molecule has 2 aromatic rings. The second-order valence-corrected chi connectivity index (χ2v) is 5.53. The zero-order valence-electron chi connectivity index (χ0n) is 10.7. The third-order valence-electron chi connectivity index (χ3n) is 3.16. The Kier molecular flexibility index (Phi) is 3.52. The first kappa shape index (κ1) is 12.9. The van der Waals surface area contributed by atoms with Gasteiger partial charge in [0.25, 0.3) is 0 Å². The lowest BCUT2D eigenvalue weighted by molar-refractivity contribution is 0.0992. The summed E-state index contributed by atoms with van der Waals surface area (Å²) in [6.45, 7) is 0. The van der Waals surface area contributed by atoms with Gasteiger partial charge in [-0.15, -0.1) is 11.8 Å². The lowest BCUT2D eigenvalue weighted by Crippen LogP contribution is -2.12. The van der Waals surface area contributed by atoms with Crippen LogP contribution in [0.1, 0.15) is 26.3 Å². The Morgan fingerprint density at radius 2 is 1.55 bits per heavy atom. The van der Waals surface area contributed by atoms with Crippen LogP contribution in [0.2, 0.25) is 0 Å². The summed E-state index contributed by atoms with van der Waals surface area (Å²) >= 11 is 1.59. The first-order valence-corrected chi connectivity index (χ1v) is 7.31. The van der Waals surface area contributed by atoms with E-state index >= 15 is 0 Å². The summed E-state index contributed by atoms with van der Waals surface area (Å²) in [5.41, 5.74) is 2.25. The summed E-state index contributed by atoms with van der Waals surface area (Å²) in [6, 6.07) is 15.5. The van der Waals surface area contributed by atoms with E-state index in [0.29, 0.717) is 11.1 Å². The Morgan fingerprint density at radius 1 is 0.800 bits per heavy atom. The van der Waals surface area contributed by atoms with Gasteiger partial charge in [0.15, 0.2) is 11.6 Å². The molecule has 3 rings (SSSR count). The number of fused-ring (bicyclic) bond motifs is 1. The third-order valence-corrected chi connectivity index (χ3v) is 4.29. The number of benzene rings is 2. The van der Waals surface area contributed by atoms with Crippen molar-refractivity contribution in [2.45, 2.75) is 10.6 Å². The minimum absolute atomic E-state index is 0.0873. The van der Waals surface area contributed by atoms with Crippen LogP contribution in [0.5, 0.6) is 0 Å². The van der Waals surface area contributed by atoms with Crippen molar-refractivity contribution in [2.24, 2.45) is 0 Å². The van der Waals surface area contributed by atoms with E-state index in [1.54, 1.807) is 17.8 Å². The van der Waals surface area contributed by atoms with Crippen molar-refractivity contribution in [3.63, 3.8) is 0 Å². The summed E-state index contributed by atoms with van der Waals surface area (Å²) in [7, 11) is 0. The molecule has 0 spiro atoms. The maximum atomic E-state index is 12.0. The number of rotatable bonds is 3. The molecule has 1 aliphatic rings. The van der Waals surface area contributed by atoms with E-state index < -0.39 is 0 Å². The van der Waals surface area contributed by atoms with Gasteiger partial charge in [-0.3, -0.25) is 9.59 Å². The van der Waals surface area contributed by atoms with E-state index in [1.165, 1.54) is 17.7 Å². The molecular formula is C17H12O2S. The van der Waals surface area contributed by atoms with Crippen molar-refractivity contribution in [3.8, 4) is 0 Å². The molecule has 0 fully saturated rings. The van der Waals surface area contributed by atoms with Gasteiger partial charge in [0.2, 0.25) is 0 Å². The lowest BCUT2D eigenvalue weighted by Gasteiger charge is -2.13. The van der Waals surface area contributed by atoms with E-state index in [1.807, 2.05) is 30.3 Å². The molecule has 0 bridgehead atoms. The van der Waals surface area contributed by atoms with Crippen molar-refractivity contribution in [1.29, 1.82) is 0 Å². The van der Waals surface area contributed by atoms with Gasteiger partial charge in [0.05, 0.1) is 0 Å². The van der Waals surface area contributed by atoms with E-state index in [9.17, 15) is 9.59 Å². The van der Waals surface area contributed by atoms with E-state index in [0.717, 1.165) is 10.6 Å². The zero-order chi connectivity index (χ0) is 13.9. The summed E-state index contributed by atoms with van der Waals surface area (Å²) in [4.78, 5) is 24.7. The molecule has 0 unspecified atom stereocenters. The fourth-order valence-electron chi connectivity index (χ4n) is 2.17. The highest BCUT2D eigenvalue weighted by Gasteiger charge is 2.22. The number of thioether (sulfide) groups is 1. The van der Waals surface area contributed by atoms with E-state index in [4.69, 9.17) is 0 Å².